The molecule has 0 saturated heterocycles. The number of aromatic nitrogens is 2. The van der Waals surface area contributed by atoms with E-state index in [2.05, 4.69) is 55.5 Å². The molecule has 0 spiro atoms. The van der Waals surface area contributed by atoms with Crippen molar-refractivity contribution in [3.05, 3.63) is 41.1 Å². The third-order valence-corrected chi connectivity index (χ3v) is 3.45. The molecule has 1 heterocycles. The van der Waals surface area contributed by atoms with Gasteiger partial charge < -0.3 is 11.1 Å². The first-order valence-corrected chi connectivity index (χ1v) is 7.10. The summed E-state index contributed by atoms with van der Waals surface area (Å²) < 4.78 is 1.83. The summed E-state index contributed by atoms with van der Waals surface area (Å²) in [4.78, 5) is 0. The van der Waals surface area contributed by atoms with E-state index in [0.29, 0.717) is 5.92 Å². The molecule has 0 fully saturated rings. The van der Waals surface area contributed by atoms with Crippen LogP contribution >= 0.6 is 0 Å². The first kappa shape index (κ1) is 14.4. The van der Waals surface area contributed by atoms with E-state index in [4.69, 9.17) is 5.73 Å². The molecule has 2 rings (SSSR count). The van der Waals surface area contributed by atoms with Crippen LogP contribution in [-0.4, -0.2) is 16.3 Å². The maximum absolute atomic E-state index is 6.16. The highest BCUT2D eigenvalue weighted by molar-refractivity contribution is 5.65. The Hall–Kier alpha value is -1.97. The van der Waals surface area contributed by atoms with Gasteiger partial charge in [0.2, 0.25) is 0 Å². The van der Waals surface area contributed by atoms with Gasteiger partial charge in [-0.2, -0.15) is 5.10 Å². The lowest BCUT2D eigenvalue weighted by molar-refractivity contribution is 0.715. The molecule has 3 N–H and O–H groups in total. The quantitative estimate of drug-likeness (QED) is 0.879. The molecule has 4 heteroatoms. The fraction of sp³-hybridized carbons (Fsp3) is 0.438. The Bertz CT molecular complexity index is 584. The number of hydrogen-bond acceptors (Lipinski definition) is 3. The lowest BCUT2D eigenvalue weighted by atomic mass is 10.1. The highest BCUT2D eigenvalue weighted by atomic mass is 15.3. The second kappa shape index (κ2) is 5.99. The predicted molar refractivity (Wildman–Crippen MR) is 85.1 cm³/mol. The molecule has 20 heavy (non-hydrogen) atoms. The van der Waals surface area contributed by atoms with Gasteiger partial charge in [0, 0.05) is 13.6 Å². The largest absolute Gasteiger partial charge is 0.394 e. The third-order valence-electron chi connectivity index (χ3n) is 3.45. The van der Waals surface area contributed by atoms with Gasteiger partial charge in [-0.3, -0.25) is 4.68 Å². The van der Waals surface area contributed by atoms with Gasteiger partial charge in [0.05, 0.1) is 11.4 Å². The number of nitrogens with one attached hydrogen (secondary N) is 1. The van der Waals surface area contributed by atoms with Gasteiger partial charge in [-0.05, 0) is 24.8 Å². The van der Waals surface area contributed by atoms with Crippen LogP contribution in [-0.2, 0) is 13.5 Å². The number of hydrogen-bond donors (Lipinski definition) is 2. The van der Waals surface area contributed by atoms with E-state index >= 15 is 0 Å². The van der Waals surface area contributed by atoms with Crippen molar-refractivity contribution in [3.8, 4) is 0 Å². The summed E-state index contributed by atoms with van der Waals surface area (Å²) in [6.07, 6.45) is 0.976. The molecule has 2 aromatic rings. The first-order valence-electron chi connectivity index (χ1n) is 7.10. The zero-order valence-electron chi connectivity index (χ0n) is 12.8. The fourth-order valence-corrected chi connectivity index (χ4v) is 2.39. The number of nitrogen functional groups attached to an aromatic ring is 1. The van der Waals surface area contributed by atoms with E-state index in [1.54, 1.807) is 0 Å². The van der Waals surface area contributed by atoms with Crippen LogP contribution in [0.1, 0.15) is 36.6 Å². The minimum atomic E-state index is 0.341. The van der Waals surface area contributed by atoms with E-state index < -0.39 is 0 Å². The first-order chi connectivity index (χ1) is 9.49. The summed E-state index contributed by atoms with van der Waals surface area (Å²) in [6, 6.07) is 8.58. The molecule has 0 unspecified atom stereocenters. The highest BCUT2D eigenvalue weighted by Gasteiger charge is 2.15. The minimum Gasteiger partial charge on any atom is -0.394 e. The topological polar surface area (TPSA) is 55.9 Å². The second-order valence-electron chi connectivity index (χ2n) is 5.59. The Morgan fingerprint density at radius 2 is 2.10 bits per heavy atom. The molecule has 0 amide bonds. The van der Waals surface area contributed by atoms with Crippen LogP contribution in [0.3, 0.4) is 0 Å². The lowest BCUT2D eigenvalue weighted by Crippen LogP contribution is -2.10. The molecular formula is C16H24N4. The zero-order valence-corrected chi connectivity index (χ0v) is 12.8. The van der Waals surface area contributed by atoms with Crippen molar-refractivity contribution >= 4 is 11.5 Å². The van der Waals surface area contributed by atoms with Crippen molar-refractivity contribution in [1.29, 1.82) is 0 Å². The third kappa shape index (κ3) is 3.13. The van der Waals surface area contributed by atoms with Gasteiger partial charge in [-0.15, -0.1) is 0 Å². The van der Waals surface area contributed by atoms with Gasteiger partial charge in [0.25, 0.3) is 0 Å². The van der Waals surface area contributed by atoms with Gasteiger partial charge in [0.15, 0.2) is 0 Å². The van der Waals surface area contributed by atoms with E-state index in [1.165, 1.54) is 11.1 Å². The van der Waals surface area contributed by atoms with E-state index in [9.17, 15) is 0 Å². The van der Waals surface area contributed by atoms with Crippen molar-refractivity contribution in [1.82, 2.24) is 9.78 Å². The molecule has 0 atom stereocenters. The van der Waals surface area contributed by atoms with Crippen LogP contribution in [0.25, 0.3) is 0 Å². The normalized spacial score (nSPS) is 11.1. The molecule has 0 radical (unpaired) electrons. The Labute approximate surface area is 121 Å². The molecular weight excluding hydrogens is 248 g/mol. The van der Waals surface area contributed by atoms with Crippen molar-refractivity contribution < 1.29 is 0 Å². The SMILES string of the molecule is Cc1cccc(CCNc2c(N)c(C(C)C)nn2C)c1. The Morgan fingerprint density at radius 3 is 2.70 bits per heavy atom. The van der Waals surface area contributed by atoms with Crippen molar-refractivity contribution in [2.24, 2.45) is 7.05 Å². The van der Waals surface area contributed by atoms with Crippen molar-refractivity contribution in [2.45, 2.75) is 33.1 Å². The van der Waals surface area contributed by atoms with Crippen LogP contribution in [0.5, 0.6) is 0 Å². The monoisotopic (exact) mass is 272 g/mol. The average Bonchev–Trinajstić information content (AvgIpc) is 2.67. The average molecular weight is 272 g/mol. The molecule has 0 aliphatic rings. The highest BCUT2D eigenvalue weighted by Crippen LogP contribution is 2.27. The number of benzene rings is 1. The molecule has 108 valence electrons. The Balaban J connectivity index is 2.01. The van der Waals surface area contributed by atoms with Gasteiger partial charge in [-0.25, -0.2) is 0 Å². The molecule has 0 bridgehead atoms. The maximum Gasteiger partial charge on any atom is 0.147 e. The van der Waals surface area contributed by atoms with Crippen LogP contribution in [0.2, 0.25) is 0 Å². The summed E-state index contributed by atoms with van der Waals surface area (Å²) in [7, 11) is 1.93. The van der Waals surface area contributed by atoms with Crippen LogP contribution in [0.4, 0.5) is 11.5 Å². The smallest absolute Gasteiger partial charge is 0.147 e. The number of nitrogens with zero attached hydrogens (tertiary/aromatic N) is 2. The molecule has 0 aliphatic carbocycles. The van der Waals surface area contributed by atoms with Gasteiger partial charge >= 0.3 is 0 Å². The van der Waals surface area contributed by atoms with Crippen molar-refractivity contribution in [3.63, 3.8) is 0 Å². The van der Waals surface area contributed by atoms with Gasteiger partial charge in [-0.1, -0.05) is 43.7 Å². The molecule has 4 nitrogen and oxygen atoms in total. The lowest BCUT2D eigenvalue weighted by Gasteiger charge is -2.08. The Kier molecular flexibility index (Phi) is 4.32. The summed E-state index contributed by atoms with van der Waals surface area (Å²) >= 11 is 0. The summed E-state index contributed by atoms with van der Waals surface area (Å²) in [5, 5.41) is 7.88. The molecule has 1 aromatic heterocycles. The van der Waals surface area contributed by atoms with Crippen LogP contribution in [0, 0.1) is 6.92 Å². The molecule has 0 saturated carbocycles. The number of anilines is 2. The van der Waals surface area contributed by atoms with E-state index in [-0.39, 0.29) is 0 Å². The summed E-state index contributed by atoms with van der Waals surface area (Å²) in [5.41, 5.74) is 10.5. The van der Waals surface area contributed by atoms with E-state index in [1.807, 2.05) is 11.7 Å². The van der Waals surface area contributed by atoms with Gasteiger partial charge in [0.1, 0.15) is 5.82 Å². The van der Waals surface area contributed by atoms with E-state index in [0.717, 1.165) is 30.2 Å². The molecule has 1 aromatic carbocycles. The summed E-state index contributed by atoms with van der Waals surface area (Å²) in [6.45, 7) is 7.18. The maximum atomic E-state index is 6.16. The summed E-state index contributed by atoms with van der Waals surface area (Å²) in [5.74, 6) is 1.26. The number of rotatable bonds is 5. The number of nitrogens with two attached hydrogens (primary N) is 1. The molecule has 0 aliphatic heterocycles. The fourth-order valence-electron chi connectivity index (χ4n) is 2.39. The standard InChI is InChI=1S/C16H24N4/c1-11(2)15-14(17)16(20(4)19-15)18-9-8-13-7-5-6-12(3)10-13/h5-7,10-11,18H,8-9,17H2,1-4H3. The Morgan fingerprint density at radius 1 is 1.35 bits per heavy atom. The zero-order chi connectivity index (χ0) is 14.7. The number of aryl methyl sites for hydroxylation is 2. The van der Waals surface area contributed by atoms with Crippen LogP contribution in [0.15, 0.2) is 24.3 Å². The van der Waals surface area contributed by atoms with Crippen molar-refractivity contribution in [2.75, 3.05) is 17.6 Å². The van der Waals surface area contributed by atoms with Crippen LogP contribution < -0.4 is 11.1 Å². The predicted octanol–water partition coefficient (Wildman–Crippen LogP) is 3.09. The second-order valence-corrected chi connectivity index (χ2v) is 5.59. The minimum absolute atomic E-state index is 0.341.